The number of aromatic nitrogens is 5. The predicted molar refractivity (Wildman–Crippen MR) is 114 cm³/mol. The number of aryl methyl sites for hydroxylation is 1. The molecule has 2 heterocycles. The Morgan fingerprint density at radius 2 is 1.96 bits per heavy atom. The third kappa shape index (κ3) is 4.13. The Labute approximate surface area is 168 Å². The van der Waals surface area contributed by atoms with E-state index in [-0.39, 0.29) is 0 Å². The van der Waals surface area contributed by atoms with E-state index in [0.29, 0.717) is 29.1 Å². The normalized spacial score (nSPS) is 12.7. The van der Waals surface area contributed by atoms with E-state index in [0.717, 1.165) is 35.1 Å². The molecule has 7 heteroatoms. The van der Waals surface area contributed by atoms with Crippen molar-refractivity contribution in [1.82, 2.24) is 25.0 Å². The Kier molecular flexibility index (Phi) is 6.09. The van der Waals surface area contributed by atoms with Crippen molar-refractivity contribution in [3.8, 4) is 0 Å². The summed E-state index contributed by atoms with van der Waals surface area (Å²) in [5.41, 5.74) is 3.73. The minimum atomic E-state index is 0.305. The van der Waals surface area contributed by atoms with Gasteiger partial charge >= 0.3 is 0 Å². The fraction of sp³-hybridized carbons (Fsp3) is 0.500. The van der Waals surface area contributed by atoms with Crippen LogP contribution in [-0.2, 0) is 0 Å². The lowest BCUT2D eigenvalue weighted by Crippen LogP contribution is -2.11. The number of hydrogen-bond acceptors (Lipinski definition) is 5. The average Bonchev–Trinajstić information content (AvgIpc) is 3.04. The van der Waals surface area contributed by atoms with E-state index in [1.54, 1.807) is 0 Å². The highest BCUT2D eigenvalue weighted by Crippen LogP contribution is 2.31. The van der Waals surface area contributed by atoms with Gasteiger partial charge in [0.25, 0.3) is 0 Å². The van der Waals surface area contributed by atoms with Gasteiger partial charge in [-0.25, -0.2) is 14.6 Å². The highest BCUT2D eigenvalue weighted by Gasteiger charge is 2.19. The molecule has 0 spiro atoms. The summed E-state index contributed by atoms with van der Waals surface area (Å²) >= 11 is 3.67. The first-order valence-corrected chi connectivity index (χ1v) is 10.4. The van der Waals surface area contributed by atoms with Crippen molar-refractivity contribution in [3.63, 3.8) is 0 Å². The second kappa shape index (κ2) is 8.33. The van der Waals surface area contributed by atoms with E-state index >= 15 is 0 Å². The molecule has 0 saturated carbocycles. The number of nitrogens with one attached hydrogen (secondary N) is 1. The van der Waals surface area contributed by atoms with E-state index < -0.39 is 0 Å². The quantitative estimate of drug-likeness (QED) is 0.504. The van der Waals surface area contributed by atoms with Crippen LogP contribution in [0.15, 0.2) is 22.7 Å². The van der Waals surface area contributed by atoms with Crippen molar-refractivity contribution >= 4 is 38.6 Å². The third-order valence-electron chi connectivity index (χ3n) is 4.79. The molecule has 0 saturated heterocycles. The minimum absolute atomic E-state index is 0.305. The molecule has 3 aromatic rings. The predicted octanol–water partition coefficient (Wildman–Crippen LogP) is 5.91. The lowest BCUT2D eigenvalue weighted by molar-refractivity contribution is 0.408. The van der Waals surface area contributed by atoms with Gasteiger partial charge in [-0.3, -0.25) is 0 Å². The molecule has 1 aromatic carbocycles. The first-order valence-electron chi connectivity index (χ1n) is 9.60. The van der Waals surface area contributed by atoms with Crippen LogP contribution < -0.4 is 5.32 Å². The van der Waals surface area contributed by atoms with Crippen molar-refractivity contribution in [2.45, 2.75) is 65.8 Å². The summed E-state index contributed by atoms with van der Waals surface area (Å²) in [6.45, 7) is 10.6. The second-order valence-corrected chi connectivity index (χ2v) is 8.05. The minimum Gasteiger partial charge on any atom is -0.337 e. The highest BCUT2D eigenvalue weighted by molar-refractivity contribution is 9.10. The molecular formula is C20H27BrN6. The maximum Gasteiger partial charge on any atom is 0.184 e. The standard InChI is InChI=1S/C20H27BrN6/c1-6-8-15(7-2)27-20-18(25-26-27)19(22-13(5)23-20)24-17-10-9-14(12(3)4)11-16(17)21/h9-12,15H,6-8H2,1-5H3,(H,22,23,24). The molecule has 6 nitrogen and oxygen atoms in total. The van der Waals surface area contributed by atoms with Gasteiger partial charge < -0.3 is 5.32 Å². The topological polar surface area (TPSA) is 68.5 Å². The Morgan fingerprint density at radius 3 is 2.59 bits per heavy atom. The van der Waals surface area contributed by atoms with Crippen molar-refractivity contribution in [1.29, 1.82) is 0 Å². The molecule has 3 rings (SSSR count). The summed E-state index contributed by atoms with van der Waals surface area (Å²) in [5.74, 6) is 1.87. The van der Waals surface area contributed by atoms with E-state index in [1.807, 2.05) is 11.6 Å². The van der Waals surface area contributed by atoms with Crippen molar-refractivity contribution in [3.05, 3.63) is 34.1 Å². The zero-order chi connectivity index (χ0) is 19.6. The molecular weight excluding hydrogens is 404 g/mol. The zero-order valence-electron chi connectivity index (χ0n) is 16.6. The molecule has 144 valence electrons. The molecule has 0 bridgehead atoms. The lowest BCUT2D eigenvalue weighted by atomic mass is 10.0. The smallest absolute Gasteiger partial charge is 0.184 e. The Balaban J connectivity index is 2.01. The first-order chi connectivity index (χ1) is 12.9. The fourth-order valence-electron chi connectivity index (χ4n) is 3.22. The summed E-state index contributed by atoms with van der Waals surface area (Å²) in [5, 5.41) is 12.2. The largest absolute Gasteiger partial charge is 0.337 e. The SMILES string of the molecule is CCCC(CC)n1nnc2c(Nc3ccc(C(C)C)cc3Br)nc(C)nc21. The number of fused-ring (bicyclic) bond motifs is 1. The van der Waals surface area contributed by atoms with Crippen LogP contribution in [-0.4, -0.2) is 25.0 Å². The number of benzene rings is 1. The summed E-state index contributed by atoms with van der Waals surface area (Å²) in [6.07, 6.45) is 3.16. The molecule has 0 radical (unpaired) electrons. The van der Waals surface area contributed by atoms with E-state index in [4.69, 9.17) is 0 Å². The van der Waals surface area contributed by atoms with E-state index in [2.05, 4.69) is 87.4 Å². The molecule has 0 aliphatic rings. The van der Waals surface area contributed by atoms with Gasteiger partial charge in [-0.05, 0) is 59.3 Å². The second-order valence-electron chi connectivity index (χ2n) is 7.20. The van der Waals surface area contributed by atoms with Crippen molar-refractivity contribution < 1.29 is 0 Å². The third-order valence-corrected chi connectivity index (χ3v) is 5.44. The van der Waals surface area contributed by atoms with Crippen LogP contribution in [0.1, 0.15) is 70.3 Å². The van der Waals surface area contributed by atoms with Crippen LogP contribution in [0.3, 0.4) is 0 Å². The Bertz CT molecular complexity index is 934. The highest BCUT2D eigenvalue weighted by atomic mass is 79.9. The van der Waals surface area contributed by atoms with Gasteiger partial charge in [0.1, 0.15) is 5.82 Å². The van der Waals surface area contributed by atoms with Gasteiger partial charge in [-0.1, -0.05) is 45.4 Å². The van der Waals surface area contributed by atoms with Gasteiger partial charge in [0.05, 0.1) is 11.7 Å². The van der Waals surface area contributed by atoms with Gasteiger partial charge in [0, 0.05) is 4.47 Å². The molecule has 0 aliphatic heterocycles. The van der Waals surface area contributed by atoms with Crippen LogP contribution in [0, 0.1) is 6.92 Å². The van der Waals surface area contributed by atoms with Crippen LogP contribution in [0.5, 0.6) is 0 Å². The van der Waals surface area contributed by atoms with Gasteiger partial charge in [0.15, 0.2) is 17.0 Å². The van der Waals surface area contributed by atoms with Crippen LogP contribution in [0.25, 0.3) is 11.2 Å². The molecule has 2 aromatic heterocycles. The molecule has 1 unspecified atom stereocenters. The average molecular weight is 431 g/mol. The molecule has 0 amide bonds. The summed E-state index contributed by atoms with van der Waals surface area (Å²) in [6, 6.07) is 6.65. The molecule has 27 heavy (non-hydrogen) atoms. The fourth-order valence-corrected chi connectivity index (χ4v) is 3.72. The zero-order valence-corrected chi connectivity index (χ0v) is 18.2. The van der Waals surface area contributed by atoms with E-state index in [9.17, 15) is 0 Å². The number of nitrogens with zero attached hydrogens (tertiary/aromatic N) is 5. The summed E-state index contributed by atoms with van der Waals surface area (Å²) < 4.78 is 2.96. The monoisotopic (exact) mass is 430 g/mol. The maximum atomic E-state index is 4.62. The summed E-state index contributed by atoms with van der Waals surface area (Å²) in [7, 11) is 0. The van der Waals surface area contributed by atoms with Crippen LogP contribution in [0.2, 0.25) is 0 Å². The summed E-state index contributed by atoms with van der Waals surface area (Å²) in [4.78, 5) is 9.20. The molecule has 1 N–H and O–H groups in total. The van der Waals surface area contributed by atoms with Crippen molar-refractivity contribution in [2.75, 3.05) is 5.32 Å². The number of anilines is 2. The lowest BCUT2D eigenvalue weighted by Gasteiger charge is -2.15. The Morgan fingerprint density at radius 1 is 1.19 bits per heavy atom. The van der Waals surface area contributed by atoms with Crippen LogP contribution in [0.4, 0.5) is 11.5 Å². The molecule has 0 aliphatic carbocycles. The maximum absolute atomic E-state index is 4.62. The first kappa shape index (κ1) is 19.7. The Hall–Kier alpha value is -2.02. The van der Waals surface area contributed by atoms with Gasteiger partial charge in [-0.2, -0.15) is 0 Å². The number of halogens is 1. The number of hydrogen-bond donors (Lipinski definition) is 1. The van der Waals surface area contributed by atoms with Crippen molar-refractivity contribution in [2.24, 2.45) is 0 Å². The van der Waals surface area contributed by atoms with Crippen LogP contribution >= 0.6 is 15.9 Å². The van der Waals surface area contributed by atoms with Gasteiger partial charge in [-0.15, -0.1) is 5.10 Å². The van der Waals surface area contributed by atoms with E-state index in [1.165, 1.54) is 5.56 Å². The van der Waals surface area contributed by atoms with Gasteiger partial charge in [0.2, 0.25) is 0 Å². The molecule has 0 fully saturated rings. The number of rotatable bonds is 7. The molecule has 1 atom stereocenters.